The lowest BCUT2D eigenvalue weighted by atomic mass is 10.2. The van der Waals surface area contributed by atoms with E-state index in [-0.39, 0.29) is 23.3 Å². The van der Waals surface area contributed by atoms with E-state index in [1.165, 1.54) is 36.1 Å². The van der Waals surface area contributed by atoms with Crippen LogP contribution in [0.25, 0.3) is 11.2 Å². The maximum absolute atomic E-state index is 12.6. The van der Waals surface area contributed by atoms with Gasteiger partial charge in [0.25, 0.3) is 5.56 Å². The van der Waals surface area contributed by atoms with E-state index in [1.54, 1.807) is 7.05 Å². The molecule has 29 heavy (non-hydrogen) atoms. The molecule has 154 valence electrons. The molecule has 3 rings (SSSR count). The van der Waals surface area contributed by atoms with Gasteiger partial charge in [0.1, 0.15) is 12.3 Å². The Morgan fingerprint density at radius 3 is 2.59 bits per heavy atom. The van der Waals surface area contributed by atoms with Crippen LogP contribution in [0.1, 0.15) is 5.56 Å². The standard InChI is InChI=1S/C17H16F3N5O4/c1-23-9-22-14-13(23)15(27)25(16(28)24(14)2)8-12(26)21-7-10-5-3-4-6-11(10)29-17(18,19)20/h3-6,9H,7-8H2,1-2H3,(H,21,26). The fourth-order valence-electron chi connectivity index (χ4n) is 2.80. The van der Waals surface area contributed by atoms with Crippen LogP contribution < -0.4 is 21.3 Å². The van der Waals surface area contributed by atoms with Crippen LogP contribution in [-0.4, -0.2) is 31.0 Å². The maximum atomic E-state index is 12.6. The smallest absolute Gasteiger partial charge is 0.405 e. The summed E-state index contributed by atoms with van der Waals surface area (Å²) in [5.74, 6) is -1.18. The number of nitrogens with zero attached hydrogens (tertiary/aromatic N) is 4. The predicted octanol–water partition coefficient (Wildman–Crippen LogP) is 0.649. The Morgan fingerprint density at radius 2 is 1.90 bits per heavy atom. The zero-order valence-electron chi connectivity index (χ0n) is 15.4. The average Bonchev–Trinajstić information content (AvgIpc) is 3.03. The summed E-state index contributed by atoms with van der Waals surface area (Å²) < 4.78 is 44.6. The highest BCUT2D eigenvalue weighted by atomic mass is 19.4. The molecule has 0 radical (unpaired) electrons. The van der Waals surface area contributed by atoms with E-state index in [1.807, 2.05) is 0 Å². The molecule has 0 atom stereocenters. The van der Waals surface area contributed by atoms with Crippen LogP contribution in [0.3, 0.4) is 0 Å². The van der Waals surface area contributed by atoms with Crippen molar-refractivity contribution in [2.45, 2.75) is 19.5 Å². The highest BCUT2D eigenvalue weighted by Crippen LogP contribution is 2.26. The molecule has 0 spiro atoms. The minimum absolute atomic E-state index is 0.0838. The number of alkyl halides is 3. The van der Waals surface area contributed by atoms with Crippen molar-refractivity contribution in [2.75, 3.05) is 0 Å². The molecule has 2 aromatic heterocycles. The van der Waals surface area contributed by atoms with E-state index < -0.39 is 35.8 Å². The highest BCUT2D eigenvalue weighted by Gasteiger charge is 2.32. The monoisotopic (exact) mass is 411 g/mol. The summed E-state index contributed by atoms with van der Waals surface area (Å²) >= 11 is 0. The first-order chi connectivity index (χ1) is 13.6. The Balaban J connectivity index is 1.81. The quantitative estimate of drug-likeness (QED) is 0.665. The van der Waals surface area contributed by atoms with E-state index in [9.17, 15) is 27.6 Å². The van der Waals surface area contributed by atoms with Gasteiger partial charge in [0.15, 0.2) is 11.2 Å². The molecule has 0 aliphatic carbocycles. The normalized spacial score (nSPS) is 11.6. The van der Waals surface area contributed by atoms with Crippen molar-refractivity contribution in [3.63, 3.8) is 0 Å². The van der Waals surface area contributed by atoms with Crippen molar-refractivity contribution < 1.29 is 22.7 Å². The number of aromatic nitrogens is 4. The number of hydrogen-bond acceptors (Lipinski definition) is 5. The molecule has 0 fully saturated rings. The molecule has 12 heteroatoms. The predicted molar refractivity (Wildman–Crippen MR) is 95.2 cm³/mol. The number of carbonyl (C=O) groups is 1. The van der Waals surface area contributed by atoms with Gasteiger partial charge >= 0.3 is 12.1 Å². The van der Waals surface area contributed by atoms with Gasteiger partial charge in [0, 0.05) is 26.2 Å². The lowest BCUT2D eigenvalue weighted by molar-refractivity contribution is -0.274. The summed E-state index contributed by atoms with van der Waals surface area (Å²) in [5, 5.41) is 2.39. The summed E-state index contributed by atoms with van der Waals surface area (Å²) in [6.45, 7) is -0.886. The van der Waals surface area contributed by atoms with E-state index in [2.05, 4.69) is 15.0 Å². The fourth-order valence-corrected chi connectivity index (χ4v) is 2.80. The Morgan fingerprint density at radius 1 is 1.21 bits per heavy atom. The topological polar surface area (TPSA) is 100 Å². The molecule has 9 nitrogen and oxygen atoms in total. The van der Waals surface area contributed by atoms with Gasteiger partial charge < -0.3 is 14.6 Å². The van der Waals surface area contributed by atoms with Crippen molar-refractivity contribution in [3.05, 3.63) is 57.0 Å². The summed E-state index contributed by atoms with van der Waals surface area (Å²) in [7, 11) is 2.99. The lowest BCUT2D eigenvalue weighted by Gasteiger charge is -2.14. The second-order valence-electron chi connectivity index (χ2n) is 6.19. The molecule has 1 aromatic carbocycles. The number of carbonyl (C=O) groups excluding carboxylic acids is 1. The SMILES string of the molecule is Cn1cnc2c1c(=O)n(CC(=O)NCc1ccccc1OC(F)(F)F)c(=O)n2C. The molecule has 0 saturated carbocycles. The molecule has 1 N–H and O–H groups in total. The van der Waals surface area contributed by atoms with Crippen molar-refractivity contribution in [1.82, 2.24) is 24.0 Å². The Hall–Kier alpha value is -3.57. The third-order valence-electron chi connectivity index (χ3n) is 4.18. The first-order valence-electron chi connectivity index (χ1n) is 8.29. The molecular weight excluding hydrogens is 395 g/mol. The minimum Gasteiger partial charge on any atom is -0.405 e. The first kappa shape index (κ1) is 20.2. The van der Waals surface area contributed by atoms with Crippen molar-refractivity contribution in [2.24, 2.45) is 14.1 Å². The fraction of sp³-hybridized carbons (Fsp3) is 0.294. The largest absolute Gasteiger partial charge is 0.573 e. The Labute approximate surface area is 161 Å². The van der Waals surface area contributed by atoms with Crippen molar-refractivity contribution >= 4 is 17.1 Å². The number of para-hydroxylation sites is 1. The Bertz CT molecular complexity index is 1190. The summed E-state index contributed by atoms with van der Waals surface area (Å²) in [5.41, 5.74) is -1.03. The molecule has 1 amide bonds. The number of imidazole rings is 1. The van der Waals surface area contributed by atoms with E-state index in [0.29, 0.717) is 0 Å². The van der Waals surface area contributed by atoms with E-state index in [0.717, 1.165) is 15.2 Å². The number of rotatable bonds is 5. The van der Waals surface area contributed by atoms with Crippen LogP contribution in [0, 0.1) is 0 Å². The second kappa shape index (κ2) is 7.45. The van der Waals surface area contributed by atoms with Gasteiger partial charge in [-0.1, -0.05) is 18.2 Å². The van der Waals surface area contributed by atoms with Crippen molar-refractivity contribution in [3.8, 4) is 5.75 Å². The highest BCUT2D eigenvalue weighted by molar-refractivity contribution is 5.76. The second-order valence-corrected chi connectivity index (χ2v) is 6.19. The van der Waals surface area contributed by atoms with Crippen LogP contribution in [-0.2, 0) is 32.0 Å². The summed E-state index contributed by atoms with van der Waals surface area (Å²) in [6.07, 6.45) is -3.51. The number of aryl methyl sites for hydroxylation is 2. The molecular formula is C17H16F3N5O4. The van der Waals surface area contributed by atoms with E-state index in [4.69, 9.17) is 0 Å². The molecule has 0 saturated heterocycles. The molecule has 0 bridgehead atoms. The van der Waals surface area contributed by atoms with Crippen LogP contribution in [0.15, 0.2) is 40.2 Å². The van der Waals surface area contributed by atoms with Gasteiger partial charge in [-0.05, 0) is 6.07 Å². The van der Waals surface area contributed by atoms with Gasteiger partial charge in [0.05, 0.1) is 6.33 Å². The molecule has 0 aliphatic rings. The average molecular weight is 411 g/mol. The van der Waals surface area contributed by atoms with Crippen LogP contribution in [0.4, 0.5) is 13.2 Å². The number of fused-ring (bicyclic) bond motifs is 1. The van der Waals surface area contributed by atoms with Crippen LogP contribution in [0.2, 0.25) is 0 Å². The van der Waals surface area contributed by atoms with Gasteiger partial charge in [-0.3, -0.25) is 14.2 Å². The number of hydrogen-bond donors (Lipinski definition) is 1. The number of benzene rings is 1. The van der Waals surface area contributed by atoms with Gasteiger partial charge in [-0.2, -0.15) is 0 Å². The summed E-state index contributed by atoms with van der Waals surface area (Å²) in [6, 6.07) is 5.32. The third-order valence-corrected chi connectivity index (χ3v) is 4.18. The third kappa shape index (κ3) is 4.15. The van der Waals surface area contributed by atoms with Crippen molar-refractivity contribution in [1.29, 1.82) is 0 Å². The molecule has 0 unspecified atom stereocenters. The van der Waals surface area contributed by atoms with Crippen LogP contribution >= 0.6 is 0 Å². The number of amides is 1. The van der Waals surface area contributed by atoms with Gasteiger partial charge in [-0.25, -0.2) is 14.3 Å². The Kier molecular flexibility index (Phi) is 5.18. The maximum Gasteiger partial charge on any atom is 0.573 e. The lowest BCUT2D eigenvalue weighted by Crippen LogP contribution is -2.43. The van der Waals surface area contributed by atoms with Gasteiger partial charge in [-0.15, -0.1) is 13.2 Å². The summed E-state index contributed by atoms with van der Waals surface area (Å²) in [4.78, 5) is 41.2. The first-order valence-corrected chi connectivity index (χ1v) is 8.29. The van der Waals surface area contributed by atoms with Gasteiger partial charge in [0.2, 0.25) is 5.91 Å². The minimum atomic E-state index is -4.88. The zero-order valence-corrected chi connectivity index (χ0v) is 15.4. The number of nitrogens with one attached hydrogen (secondary N) is 1. The number of ether oxygens (including phenoxy) is 1. The van der Waals surface area contributed by atoms with Crippen LogP contribution in [0.5, 0.6) is 5.75 Å². The molecule has 2 heterocycles. The zero-order chi connectivity index (χ0) is 21.3. The number of halogens is 3. The molecule has 3 aromatic rings. The molecule has 0 aliphatic heterocycles. The van der Waals surface area contributed by atoms with E-state index >= 15 is 0 Å².